The zero-order chi connectivity index (χ0) is 21.5. The number of fused-ring (bicyclic) bond motifs is 2. The Balaban J connectivity index is 1.88. The maximum atomic E-state index is 11.5. The third-order valence-corrected chi connectivity index (χ3v) is 5.54. The number of ether oxygens (including phenoxy) is 1. The molecule has 2 N–H and O–H groups in total. The topological polar surface area (TPSA) is 80.3 Å². The first-order valence-electron chi connectivity index (χ1n) is 8.85. The molecule has 1 aromatic heterocycles. The summed E-state index contributed by atoms with van der Waals surface area (Å²) in [7, 11) is -1.88. The number of sulfonamides is 1. The Morgan fingerprint density at radius 2 is 1.50 bits per heavy atom. The van der Waals surface area contributed by atoms with E-state index in [1.54, 1.807) is 42.5 Å². The van der Waals surface area contributed by atoms with Crippen LogP contribution in [0.4, 0.5) is 17.1 Å². The summed E-state index contributed by atoms with van der Waals surface area (Å²) < 4.78 is 31.0. The maximum absolute atomic E-state index is 11.5. The van der Waals surface area contributed by atoms with Crippen molar-refractivity contribution < 1.29 is 13.2 Å². The molecule has 0 atom stereocenters. The van der Waals surface area contributed by atoms with Crippen LogP contribution in [0.3, 0.4) is 0 Å². The van der Waals surface area contributed by atoms with Crippen LogP contribution >= 0.6 is 23.2 Å². The van der Waals surface area contributed by atoms with Gasteiger partial charge in [0.15, 0.2) is 0 Å². The first-order chi connectivity index (χ1) is 14.2. The van der Waals surface area contributed by atoms with Gasteiger partial charge in [-0.15, -0.1) is 0 Å². The van der Waals surface area contributed by atoms with E-state index >= 15 is 0 Å². The van der Waals surface area contributed by atoms with E-state index in [1.807, 2.05) is 12.1 Å². The Morgan fingerprint density at radius 3 is 2.03 bits per heavy atom. The van der Waals surface area contributed by atoms with Crippen molar-refractivity contribution in [2.24, 2.45) is 0 Å². The van der Waals surface area contributed by atoms with E-state index in [9.17, 15) is 8.42 Å². The highest BCUT2D eigenvalue weighted by molar-refractivity contribution is 7.92. The van der Waals surface area contributed by atoms with Gasteiger partial charge in [-0.25, -0.2) is 13.4 Å². The summed E-state index contributed by atoms with van der Waals surface area (Å²) in [5, 5.41) is 6.31. The molecule has 4 rings (SSSR count). The highest BCUT2D eigenvalue weighted by atomic mass is 35.5. The highest BCUT2D eigenvalue weighted by Gasteiger charge is 2.14. The van der Waals surface area contributed by atoms with Gasteiger partial charge in [-0.3, -0.25) is 4.72 Å². The van der Waals surface area contributed by atoms with Crippen molar-refractivity contribution in [1.29, 1.82) is 0 Å². The van der Waals surface area contributed by atoms with Crippen molar-refractivity contribution >= 4 is 72.1 Å². The molecule has 4 aromatic rings. The lowest BCUT2D eigenvalue weighted by atomic mass is 10.1. The van der Waals surface area contributed by atoms with E-state index in [4.69, 9.17) is 27.9 Å². The molecule has 0 aliphatic carbocycles. The molecule has 0 bridgehead atoms. The maximum Gasteiger partial charge on any atom is 0.229 e. The first-order valence-corrected chi connectivity index (χ1v) is 11.5. The number of aromatic nitrogens is 1. The van der Waals surface area contributed by atoms with Gasteiger partial charge in [-0.1, -0.05) is 23.2 Å². The second-order valence-electron chi connectivity index (χ2n) is 6.72. The fourth-order valence-corrected chi connectivity index (χ4v) is 4.12. The average Bonchev–Trinajstić information content (AvgIpc) is 2.67. The number of nitrogens with one attached hydrogen (secondary N) is 2. The molecule has 0 radical (unpaired) electrons. The summed E-state index contributed by atoms with van der Waals surface area (Å²) in [5.41, 5.74) is 3.31. The van der Waals surface area contributed by atoms with Crippen molar-refractivity contribution in [3.8, 4) is 5.75 Å². The normalized spacial score (nSPS) is 11.6. The Hall–Kier alpha value is -2.74. The Bertz CT molecular complexity index is 1330. The highest BCUT2D eigenvalue weighted by Crippen LogP contribution is 2.38. The van der Waals surface area contributed by atoms with E-state index in [0.717, 1.165) is 22.7 Å². The van der Waals surface area contributed by atoms with Crippen molar-refractivity contribution in [1.82, 2.24) is 4.98 Å². The van der Waals surface area contributed by atoms with Gasteiger partial charge in [0.1, 0.15) is 5.75 Å². The number of benzene rings is 3. The molecule has 0 aliphatic rings. The zero-order valence-electron chi connectivity index (χ0n) is 16.0. The summed E-state index contributed by atoms with van der Waals surface area (Å²) in [6.45, 7) is 0. The molecule has 1 heterocycles. The minimum absolute atomic E-state index is 0.405. The molecule has 9 heteroatoms. The van der Waals surface area contributed by atoms with Gasteiger partial charge in [0.2, 0.25) is 10.0 Å². The van der Waals surface area contributed by atoms with E-state index in [-0.39, 0.29) is 0 Å². The molecule has 0 aliphatic heterocycles. The first kappa shape index (κ1) is 20.5. The number of rotatable bonds is 5. The van der Waals surface area contributed by atoms with Gasteiger partial charge in [-0.2, -0.15) is 0 Å². The van der Waals surface area contributed by atoms with Crippen LogP contribution in [-0.4, -0.2) is 26.8 Å². The third kappa shape index (κ3) is 4.23. The van der Waals surface area contributed by atoms with Crippen LogP contribution in [0.1, 0.15) is 0 Å². The Labute approximate surface area is 183 Å². The van der Waals surface area contributed by atoms with E-state index in [0.29, 0.717) is 38.2 Å². The molecule has 154 valence electrons. The van der Waals surface area contributed by atoms with Crippen molar-refractivity contribution in [3.63, 3.8) is 0 Å². The number of anilines is 3. The van der Waals surface area contributed by atoms with E-state index in [2.05, 4.69) is 15.0 Å². The summed E-state index contributed by atoms with van der Waals surface area (Å²) >= 11 is 12.3. The monoisotopic (exact) mass is 461 g/mol. The predicted octanol–water partition coefficient (Wildman–Crippen LogP) is 5.82. The van der Waals surface area contributed by atoms with Crippen LogP contribution in [0.25, 0.3) is 21.8 Å². The molecule has 0 amide bonds. The smallest absolute Gasteiger partial charge is 0.229 e. The van der Waals surface area contributed by atoms with Crippen LogP contribution in [-0.2, 0) is 10.0 Å². The van der Waals surface area contributed by atoms with Gasteiger partial charge < -0.3 is 10.1 Å². The van der Waals surface area contributed by atoms with Crippen LogP contribution in [0, 0.1) is 0 Å². The van der Waals surface area contributed by atoms with Gasteiger partial charge in [0, 0.05) is 26.9 Å². The summed E-state index contributed by atoms with van der Waals surface area (Å²) in [5.74, 6) is 0.477. The number of nitrogens with zero attached hydrogens (tertiary/aromatic N) is 1. The SMILES string of the molecule is COc1cc(NS(C)(=O)=O)ccc1Nc1c2ccc(Cl)cc2nc2cc(Cl)ccc12. The van der Waals surface area contributed by atoms with Crippen LogP contribution in [0.15, 0.2) is 54.6 Å². The fraction of sp³-hybridized carbons (Fsp3) is 0.0952. The molecular weight excluding hydrogens is 445 g/mol. The van der Waals surface area contributed by atoms with Crippen molar-refractivity contribution in [3.05, 3.63) is 64.6 Å². The second-order valence-corrected chi connectivity index (χ2v) is 9.35. The quantitative estimate of drug-likeness (QED) is 0.366. The van der Waals surface area contributed by atoms with Gasteiger partial charge >= 0.3 is 0 Å². The number of pyridine rings is 1. The van der Waals surface area contributed by atoms with Gasteiger partial charge in [-0.05, 0) is 48.5 Å². The third-order valence-electron chi connectivity index (χ3n) is 4.46. The van der Waals surface area contributed by atoms with Crippen LogP contribution in [0.2, 0.25) is 10.0 Å². The van der Waals surface area contributed by atoms with Crippen molar-refractivity contribution in [2.45, 2.75) is 0 Å². The second kappa shape index (κ2) is 7.83. The molecule has 0 unspecified atom stereocenters. The molecular formula is C21H17Cl2N3O3S. The van der Waals surface area contributed by atoms with Crippen molar-refractivity contribution in [2.75, 3.05) is 23.4 Å². The molecule has 0 saturated heterocycles. The minimum Gasteiger partial charge on any atom is -0.494 e. The molecule has 3 aromatic carbocycles. The fourth-order valence-electron chi connectivity index (χ4n) is 3.23. The minimum atomic E-state index is -3.40. The van der Waals surface area contributed by atoms with Gasteiger partial charge in [0.25, 0.3) is 0 Å². The molecule has 30 heavy (non-hydrogen) atoms. The summed E-state index contributed by atoms with van der Waals surface area (Å²) in [4.78, 5) is 4.68. The lowest BCUT2D eigenvalue weighted by Crippen LogP contribution is -2.09. The number of hydrogen-bond donors (Lipinski definition) is 2. The number of hydrogen-bond acceptors (Lipinski definition) is 5. The Kier molecular flexibility index (Phi) is 5.36. The lowest BCUT2D eigenvalue weighted by molar-refractivity contribution is 0.417. The van der Waals surface area contributed by atoms with Gasteiger partial charge in [0.05, 0.1) is 41.5 Å². The molecule has 6 nitrogen and oxygen atoms in total. The molecule has 0 spiro atoms. The Morgan fingerprint density at radius 1 is 0.900 bits per heavy atom. The summed E-state index contributed by atoms with van der Waals surface area (Å²) in [6, 6.07) is 16.0. The predicted molar refractivity (Wildman–Crippen MR) is 124 cm³/mol. The van der Waals surface area contributed by atoms with Crippen LogP contribution in [0.5, 0.6) is 5.75 Å². The summed E-state index contributed by atoms with van der Waals surface area (Å²) in [6.07, 6.45) is 1.09. The zero-order valence-corrected chi connectivity index (χ0v) is 18.4. The average molecular weight is 462 g/mol. The van der Waals surface area contributed by atoms with E-state index < -0.39 is 10.0 Å². The lowest BCUT2D eigenvalue weighted by Gasteiger charge is -2.17. The number of methoxy groups -OCH3 is 1. The standard InChI is InChI=1S/C21H17Cl2N3O3S/c1-29-20-11-14(26-30(2,27)28)5-8-17(20)25-21-15-6-3-12(22)9-18(15)24-19-10-13(23)4-7-16(19)21/h3-11,26H,1-2H3,(H,24,25). The number of halogens is 2. The van der Waals surface area contributed by atoms with Crippen LogP contribution < -0.4 is 14.8 Å². The van der Waals surface area contributed by atoms with E-state index in [1.165, 1.54) is 7.11 Å². The molecule has 0 saturated carbocycles. The molecule has 0 fully saturated rings. The largest absolute Gasteiger partial charge is 0.494 e.